The average Bonchev–Trinajstić information content (AvgIpc) is 2.25. The van der Waals surface area contributed by atoms with Gasteiger partial charge in [0.25, 0.3) is 0 Å². The molecule has 0 spiro atoms. The topological polar surface area (TPSA) is 74.7 Å². The Morgan fingerprint density at radius 2 is 1.89 bits per heavy atom. The van der Waals surface area contributed by atoms with Gasteiger partial charge in [0.05, 0.1) is 11.9 Å². The molecule has 0 saturated carbocycles. The Hall–Kier alpha value is -1.27. The molecule has 1 aromatic carbocycles. The molecule has 0 heterocycles. The average molecular weight is 292 g/mol. The van der Waals surface area contributed by atoms with Crippen molar-refractivity contribution in [2.24, 2.45) is 0 Å². The van der Waals surface area contributed by atoms with Crippen LogP contribution < -0.4 is 4.31 Å². The monoisotopic (exact) mass is 291 g/mol. The number of nitrogens with zero attached hydrogens (tertiary/aromatic N) is 1. The van der Waals surface area contributed by atoms with Crippen molar-refractivity contribution >= 4 is 33.3 Å². The molecule has 0 aromatic heterocycles. The van der Waals surface area contributed by atoms with E-state index in [1.165, 1.54) is 24.3 Å². The highest BCUT2D eigenvalue weighted by molar-refractivity contribution is 7.92. The maximum Gasteiger partial charge on any atom is 0.327 e. The molecule has 0 saturated heterocycles. The van der Waals surface area contributed by atoms with E-state index >= 15 is 0 Å². The van der Waals surface area contributed by atoms with E-state index in [0.29, 0.717) is 5.02 Å². The molecule has 1 aromatic rings. The number of aliphatic carboxylic acids is 1. The molecule has 0 amide bonds. The van der Waals surface area contributed by atoms with Crippen molar-refractivity contribution in [1.29, 1.82) is 0 Å². The summed E-state index contributed by atoms with van der Waals surface area (Å²) in [5, 5.41) is 9.54. The van der Waals surface area contributed by atoms with Crippen LogP contribution in [0.15, 0.2) is 24.3 Å². The molecule has 0 radical (unpaired) electrons. The summed E-state index contributed by atoms with van der Waals surface area (Å²) in [5.74, 6) is -1.18. The Bertz CT molecular complexity index is 526. The second-order valence-corrected chi connectivity index (χ2v) is 6.09. The number of hydrogen-bond donors (Lipinski definition) is 1. The van der Waals surface area contributed by atoms with E-state index in [0.717, 1.165) is 10.6 Å². The van der Waals surface area contributed by atoms with Crippen LogP contribution in [0.3, 0.4) is 0 Å². The van der Waals surface area contributed by atoms with Gasteiger partial charge in [0.1, 0.15) is 6.04 Å². The van der Waals surface area contributed by atoms with E-state index in [9.17, 15) is 13.2 Å². The summed E-state index contributed by atoms with van der Waals surface area (Å²) in [7, 11) is -3.68. The van der Waals surface area contributed by atoms with Gasteiger partial charge in [0.15, 0.2) is 0 Å². The molecule has 1 N–H and O–H groups in total. The van der Waals surface area contributed by atoms with Gasteiger partial charge >= 0.3 is 5.97 Å². The second kappa shape index (κ2) is 5.58. The van der Waals surface area contributed by atoms with Crippen LogP contribution in [-0.4, -0.2) is 31.8 Å². The summed E-state index contributed by atoms with van der Waals surface area (Å²) in [6.45, 7) is 1.62. The van der Waals surface area contributed by atoms with Gasteiger partial charge in [-0.1, -0.05) is 18.5 Å². The maximum atomic E-state index is 11.8. The van der Waals surface area contributed by atoms with Gasteiger partial charge in [-0.15, -0.1) is 0 Å². The molecule has 0 aliphatic heterocycles. The maximum absolute atomic E-state index is 11.8. The highest BCUT2D eigenvalue weighted by Gasteiger charge is 2.31. The Kier molecular flexibility index (Phi) is 4.59. The first kappa shape index (κ1) is 14.8. The summed E-state index contributed by atoms with van der Waals surface area (Å²) in [6.07, 6.45) is 1.15. The number of anilines is 1. The lowest BCUT2D eigenvalue weighted by molar-refractivity contribution is -0.138. The van der Waals surface area contributed by atoms with Gasteiger partial charge in [-0.3, -0.25) is 4.31 Å². The summed E-state index contributed by atoms with van der Waals surface area (Å²) < 4.78 is 24.4. The van der Waals surface area contributed by atoms with Crippen LogP contribution in [-0.2, 0) is 14.8 Å². The van der Waals surface area contributed by atoms with E-state index in [2.05, 4.69) is 0 Å². The first-order valence-electron chi connectivity index (χ1n) is 5.25. The van der Waals surface area contributed by atoms with Gasteiger partial charge in [-0.2, -0.15) is 0 Å². The first-order chi connectivity index (χ1) is 8.27. The van der Waals surface area contributed by atoms with Gasteiger partial charge in [0, 0.05) is 5.02 Å². The van der Waals surface area contributed by atoms with Crippen molar-refractivity contribution in [2.75, 3.05) is 10.6 Å². The fraction of sp³-hybridized carbons (Fsp3) is 0.364. The molecule has 5 nitrogen and oxygen atoms in total. The smallest absolute Gasteiger partial charge is 0.327 e. The second-order valence-electron chi connectivity index (χ2n) is 3.80. The predicted octanol–water partition coefficient (Wildman–Crippen LogP) is 1.97. The van der Waals surface area contributed by atoms with E-state index in [1.807, 2.05) is 0 Å². The van der Waals surface area contributed by atoms with Gasteiger partial charge in [0.2, 0.25) is 10.0 Å². The highest BCUT2D eigenvalue weighted by Crippen LogP contribution is 2.24. The molecule has 7 heteroatoms. The van der Waals surface area contributed by atoms with Crippen LogP contribution in [0.5, 0.6) is 0 Å². The van der Waals surface area contributed by atoms with Crippen LogP contribution in [0.4, 0.5) is 5.69 Å². The Morgan fingerprint density at radius 3 is 2.22 bits per heavy atom. The van der Waals surface area contributed by atoms with E-state index in [1.54, 1.807) is 6.92 Å². The normalized spacial score (nSPS) is 13.1. The number of hydrogen-bond acceptors (Lipinski definition) is 3. The molecule has 18 heavy (non-hydrogen) atoms. The summed E-state index contributed by atoms with van der Waals surface area (Å²) in [5.41, 5.74) is 0.288. The number of carboxylic acid groups (broad SMARTS) is 1. The molecule has 0 aliphatic carbocycles. The SMILES string of the molecule is CC[C@H](C(=O)O)N(c1ccc(Cl)cc1)S(C)(=O)=O. The van der Waals surface area contributed by atoms with Crippen LogP contribution in [0.25, 0.3) is 0 Å². The van der Waals surface area contributed by atoms with Crippen molar-refractivity contribution in [2.45, 2.75) is 19.4 Å². The van der Waals surface area contributed by atoms with Crippen LogP contribution >= 0.6 is 11.6 Å². The number of sulfonamides is 1. The van der Waals surface area contributed by atoms with E-state index < -0.39 is 22.0 Å². The van der Waals surface area contributed by atoms with E-state index in [-0.39, 0.29) is 12.1 Å². The van der Waals surface area contributed by atoms with Crippen molar-refractivity contribution in [1.82, 2.24) is 0 Å². The Labute approximate surface area is 111 Å². The van der Waals surface area contributed by atoms with Crippen molar-refractivity contribution < 1.29 is 18.3 Å². The lowest BCUT2D eigenvalue weighted by atomic mass is 10.2. The molecule has 100 valence electrons. The Morgan fingerprint density at radius 1 is 1.39 bits per heavy atom. The molecule has 0 fully saturated rings. The van der Waals surface area contributed by atoms with Crippen molar-refractivity contribution in [3.05, 3.63) is 29.3 Å². The van der Waals surface area contributed by atoms with Crippen LogP contribution in [0, 0.1) is 0 Å². The zero-order chi connectivity index (χ0) is 13.9. The number of halogens is 1. The minimum Gasteiger partial charge on any atom is -0.480 e. The molecule has 1 atom stereocenters. The quantitative estimate of drug-likeness (QED) is 0.900. The number of rotatable bonds is 5. The third kappa shape index (κ3) is 3.36. The third-order valence-corrected chi connectivity index (χ3v) is 3.83. The summed E-state index contributed by atoms with van der Waals surface area (Å²) in [6, 6.07) is 4.87. The third-order valence-electron chi connectivity index (χ3n) is 2.39. The fourth-order valence-corrected chi connectivity index (χ4v) is 2.96. The minimum absolute atomic E-state index is 0.172. The molecule has 0 aliphatic rings. The summed E-state index contributed by atoms with van der Waals surface area (Å²) >= 11 is 5.72. The standard InChI is InChI=1S/C11H14ClNO4S/c1-3-10(11(14)15)13(18(2,16)17)9-6-4-8(12)5-7-9/h4-7,10H,3H2,1-2H3,(H,14,15)/t10-/m1/s1. The van der Waals surface area contributed by atoms with Crippen molar-refractivity contribution in [3.8, 4) is 0 Å². The highest BCUT2D eigenvalue weighted by atomic mass is 35.5. The molecular formula is C11H14ClNO4S. The van der Waals surface area contributed by atoms with Crippen LogP contribution in [0.2, 0.25) is 5.02 Å². The molecule has 0 bridgehead atoms. The molecule has 0 unspecified atom stereocenters. The zero-order valence-electron chi connectivity index (χ0n) is 10.00. The number of carboxylic acids is 1. The van der Waals surface area contributed by atoms with Gasteiger partial charge < -0.3 is 5.11 Å². The zero-order valence-corrected chi connectivity index (χ0v) is 11.6. The molecular weight excluding hydrogens is 278 g/mol. The van der Waals surface area contributed by atoms with Gasteiger partial charge in [-0.25, -0.2) is 13.2 Å². The number of carbonyl (C=O) groups is 1. The predicted molar refractivity (Wildman–Crippen MR) is 70.5 cm³/mol. The largest absolute Gasteiger partial charge is 0.480 e. The lowest BCUT2D eigenvalue weighted by Gasteiger charge is -2.28. The van der Waals surface area contributed by atoms with E-state index in [4.69, 9.17) is 16.7 Å². The number of benzene rings is 1. The Balaban J connectivity index is 3.30. The fourth-order valence-electron chi connectivity index (χ4n) is 1.63. The van der Waals surface area contributed by atoms with Crippen molar-refractivity contribution in [3.63, 3.8) is 0 Å². The van der Waals surface area contributed by atoms with Gasteiger partial charge in [-0.05, 0) is 30.7 Å². The summed E-state index contributed by atoms with van der Waals surface area (Å²) in [4.78, 5) is 11.1. The minimum atomic E-state index is -3.68. The molecule has 1 rings (SSSR count). The first-order valence-corrected chi connectivity index (χ1v) is 7.47. The van der Waals surface area contributed by atoms with Crippen LogP contribution in [0.1, 0.15) is 13.3 Å². The lowest BCUT2D eigenvalue weighted by Crippen LogP contribution is -2.44.